The minimum absolute atomic E-state index is 0.0488. The van der Waals surface area contributed by atoms with Gasteiger partial charge in [-0.1, -0.05) is 12.1 Å². The van der Waals surface area contributed by atoms with Crippen LogP contribution in [0.25, 0.3) is 0 Å². The Kier molecular flexibility index (Phi) is 6.40. The molecular weight excluding hydrogens is 384 g/mol. The summed E-state index contributed by atoms with van der Waals surface area (Å²) in [5, 5.41) is 0. The largest absolute Gasteiger partial charge is 0.465 e. The maximum atomic E-state index is 12.7. The van der Waals surface area contributed by atoms with E-state index in [1.807, 2.05) is 0 Å². The number of nitrogens with one attached hydrogen (secondary N) is 1. The summed E-state index contributed by atoms with van der Waals surface area (Å²) in [5.74, 6) is -1.56. The monoisotopic (exact) mass is 406 g/mol. The molecule has 146 valence electrons. The second-order valence-corrected chi connectivity index (χ2v) is 9.98. The van der Waals surface area contributed by atoms with Crippen molar-refractivity contribution in [1.29, 1.82) is 0 Å². The third-order valence-corrected chi connectivity index (χ3v) is 7.58. The third kappa shape index (κ3) is 4.60. The highest BCUT2D eigenvalue weighted by molar-refractivity contribution is 7.89. The van der Waals surface area contributed by atoms with Crippen LogP contribution in [0.2, 0.25) is 0 Å². The first kappa shape index (κ1) is 20.8. The number of benzene rings is 1. The molecule has 0 unspecified atom stereocenters. The summed E-state index contributed by atoms with van der Waals surface area (Å²) >= 11 is 0. The molecule has 0 bridgehead atoms. The molecule has 2 rings (SSSR count). The summed E-state index contributed by atoms with van der Waals surface area (Å²) in [7, 11) is -3.61. The van der Waals surface area contributed by atoms with Crippen molar-refractivity contribution in [3.05, 3.63) is 29.8 Å². The number of hydrogen-bond acceptors (Lipinski definition) is 7. The van der Waals surface area contributed by atoms with Crippen molar-refractivity contribution in [2.75, 3.05) is 40.2 Å². The standard InChI is InChI=1S/C15H22N2O7S2/c1-17(2)25(19,20)10-11-8-24-9-13(11)16-26(21,22)14-7-5-4-6-12(14)15(18)23-3/h4-7,11,13,16H,8-10H2,1-3H3/t11-,13-/m0/s1. The molecule has 0 aromatic heterocycles. The molecule has 9 nitrogen and oxygen atoms in total. The molecule has 11 heteroatoms. The minimum Gasteiger partial charge on any atom is -0.465 e. The highest BCUT2D eigenvalue weighted by atomic mass is 32.2. The molecule has 1 aromatic rings. The molecule has 1 aliphatic heterocycles. The fourth-order valence-corrected chi connectivity index (χ4v) is 5.21. The highest BCUT2D eigenvalue weighted by Gasteiger charge is 2.36. The summed E-state index contributed by atoms with van der Waals surface area (Å²) in [6.07, 6.45) is 0. The molecule has 1 saturated heterocycles. The van der Waals surface area contributed by atoms with Crippen molar-refractivity contribution in [2.45, 2.75) is 10.9 Å². The Morgan fingerprint density at radius 2 is 1.88 bits per heavy atom. The number of esters is 1. The van der Waals surface area contributed by atoms with E-state index < -0.39 is 38.0 Å². The zero-order valence-electron chi connectivity index (χ0n) is 14.7. The number of nitrogens with zero attached hydrogens (tertiary/aromatic N) is 1. The van der Waals surface area contributed by atoms with Crippen LogP contribution >= 0.6 is 0 Å². The molecule has 2 atom stereocenters. The van der Waals surface area contributed by atoms with E-state index in [2.05, 4.69) is 9.46 Å². The Morgan fingerprint density at radius 3 is 2.50 bits per heavy atom. The van der Waals surface area contributed by atoms with Crippen LogP contribution in [-0.4, -0.2) is 73.3 Å². The van der Waals surface area contributed by atoms with Gasteiger partial charge in [-0.2, -0.15) is 0 Å². The average Bonchev–Trinajstić information content (AvgIpc) is 2.99. The van der Waals surface area contributed by atoms with E-state index in [4.69, 9.17) is 4.74 Å². The molecule has 0 spiro atoms. The number of hydrogen-bond donors (Lipinski definition) is 1. The summed E-state index contributed by atoms with van der Waals surface area (Å²) in [6, 6.07) is 4.92. The average molecular weight is 406 g/mol. The molecule has 1 fully saturated rings. The van der Waals surface area contributed by atoms with Gasteiger partial charge in [0.05, 0.1) is 42.6 Å². The quantitative estimate of drug-likeness (QED) is 0.615. The van der Waals surface area contributed by atoms with Crippen molar-refractivity contribution < 1.29 is 31.1 Å². The number of sulfonamides is 2. The van der Waals surface area contributed by atoms with Gasteiger partial charge in [-0.05, 0) is 12.1 Å². The van der Waals surface area contributed by atoms with Crippen LogP contribution in [0.5, 0.6) is 0 Å². The fraction of sp³-hybridized carbons (Fsp3) is 0.533. The van der Waals surface area contributed by atoms with E-state index >= 15 is 0 Å². The first-order valence-corrected chi connectivity index (χ1v) is 10.9. The summed E-state index contributed by atoms with van der Waals surface area (Å²) in [6.45, 7) is 0.173. The number of methoxy groups -OCH3 is 1. The molecule has 0 saturated carbocycles. The Morgan fingerprint density at radius 1 is 1.23 bits per heavy atom. The highest BCUT2D eigenvalue weighted by Crippen LogP contribution is 2.22. The number of carbonyl (C=O) groups is 1. The first-order valence-electron chi connectivity index (χ1n) is 7.76. The number of ether oxygens (including phenoxy) is 2. The molecule has 1 N–H and O–H groups in total. The summed E-state index contributed by atoms with van der Waals surface area (Å²) in [4.78, 5) is 11.6. The zero-order chi connectivity index (χ0) is 19.5. The second kappa shape index (κ2) is 8.01. The van der Waals surface area contributed by atoms with Crippen LogP contribution < -0.4 is 4.72 Å². The lowest BCUT2D eigenvalue weighted by Gasteiger charge is -2.21. The van der Waals surface area contributed by atoms with Crippen LogP contribution in [-0.2, 0) is 29.5 Å². The molecule has 26 heavy (non-hydrogen) atoms. The van der Waals surface area contributed by atoms with Crippen LogP contribution in [0.1, 0.15) is 10.4 Å². The molecule has 0 radical (unpaired) electrons. The van der Waals surface area contributed by atoms with E-state index in [1.54, 1.807) is 0 Å². The summed E-state index contributed by atoms with van der Waals surface area (Å²) in [5.41, 5.74) is -0.0983. The Hall–Kier alpha value is -1.53. The first-order chi connectivity index (χ1) is 12.1. The molecular formula is C15H22N2O7S2. The van der Waals surface area contributed by atoms with E-state index in [0.717, 1.165) is 11.4 Å². The van der Waals surface area contributed by atoms with Gasteiger partial charge in [-0.15, -0.1) is 0 Å². The number of rotatable bonds is 7. The maximum Gasteiger partial charge on any atom is 0.339 e. The fourth-order valence-electron chi connectivity index (χ4n) is 2.56. The van der Waals surface area contributed by atoms with Crippen molar-refractivity contribution in [2.24, 2.45) is 5.92 Å². The van der Waals surface area contributed by atoms with Gasteiger partial charge in [0.25, 0.3) is 0 Å². The lowest BCUT2D eigenvalue weighted by atomic mass is 10.1. The van der Waals surface area contributed by atoms with Gasteiger partial charge in [0, 0.05) is 20.0 Å². The smallest absolute Gasteiger partial charge is 0.339 e. The van der Waals surface area contributed by atoms with Gasteiger partial charge in [0.2, 0.25) is 20.0 Å². The van der Waals surface area contributed by atoms with Crippen molar-refractivity contribution in [1.82, 2.24) is 9.03 Å². The molecule has 0 amide bonds. The van der Waals surface area contributed by atoms with Gasteiger partial charge in [-0.3, -0.25) is 0 Å². The van der Waals surface area contributed by atoms with Crippen LogP contribution in [0.4, 0.5) is 0 Å². The van der Waals surface area contributed by atoms with Gasteiger partial charge in [-0.25, -0.2) is 30.7 Å². The zero-order valence-corrected chi connectivity index (χ0v) is 16.3. The van der Waals surface area contributed by atoms with E-state index in [9.17, 15) is 21.6 Å². The lowest BCUT2D eigenvalue weighted by molar-refractivity contribution is 0.0596. The van der Waals surface area contributed by atoms with Crippen molar-refractivity contribution in [3.8, 4) is 0 Å². The van der Waals surface area contributed by atoms with Gasteiger partial charge in [0.1, 0.15) is 0 Å². The predicted octanol–water partition coefficient (Wildman–Crippen LogP) is -0.342. The third-order valence-electron chi connectivity index (χ3n) is 4.07. The molecule has 1 aromatic carbocycles. The summed E-state index contributed by atoms with van der Waals surface area (Å²) < 4.78 is 63.1. The number of carbonyl (C=O) groups excluding carboxylic acids is 1. The molecule has 1 heterocycles. The van der Waals surface area contributed by atoms with Crippen LogP contribution in [0, 0.1) is 5.92 Å². The second-order valence-electron chi connectivity index (χ2n) is 6.07. The van der Waals surface area contributed by atoms with Crippen molar-refractivity contribution >= 4 is 26.0 Å². The maximum absolute atomic E-state index is 12.7. The van der Waals surface area contributed by atoms with Gasteiger partial charge >= 0.3 is 5.97 Å². The topological polar surface area (TPSA) is 119 Å². The Labute approximate surface area is 153 Å². The lowest BCUT2D eigenvalue weighted by Crippen LogP contribution is -2.43. The normalized spacial score (nSPS) is 21.1. The van der Waals surface area contributed by atoms with Crippen molar-refractivity contribution in [3.63, 3.8) is 0 Å². The van der Waals surface area contributed by atoms with Gasteiger partial charge < -0.3 is 9.47 Å². The van der Waals surface area contributed by atoms with Crippen LogP contribution in [0.3, 0.4) is 0 Å². The van der Waals surface area contributed by atoms with Gasteiger partial charge in [0.15, 0.2) is 0 Å². The Balaban J connectivity index is 2.25. The minimum atomic E-state index is -4.08. The SMILES string of the molecule is COC(=O)c1ccccc1S(=O)(=O)N[C@H]1COC[C@H]1CS(=O)(=O)N(C)C. The van der Waals surface area contributed by atoms with E-state index in [-0.39, 0.29) is 29.4 Å². The molecule has 1 aliphatic rings. The predicted molar refractivity (Wildman–Crippen MR) is 93.7 cm³/mol. The van der Waals surface area contributed by atoms with E-state index in [0.29, 0.717) is 0 Å². The molecule has 0 aliphatic carbocycles. The van der Waals surface area contributed by atoms with E-state index in [1.165, 1.54) is 38.4 Å². The van der Waals surface area contributed by atoms with Crippen LogP contribution in [0.15, 0.2) is 29.2 Å². The Bertz CT molecular complexity index is 866.